The zero-order chi connectivity index (χ0) is 18.7. The van der Waals surface area contributed by atoms with Crippen molar-refractivity contribution >= 4 is 11.8 Å². The third kappa shape index (κ3) is 3.75. The van der Waals surface area contributed by atoms with E-state index in [1.165, 1.54) is 6.07 Å². The second-order valence-corrected chi connectivity index (χ2v) is 6.34. The number of aromatic amines is 1. The van der Waals surface area contributed by atoms with Gasteiger partial charge in [0.1, 0.15) is 17.3 Å². The first-order chi connectivity index (χ1) is 12.5. The number of hydrogen-bond acceptors (Lipinski definition) is 7. The van der Waals surface area contributed by atoms with Crippen LogP contribution in [0.3, 0.4) is 0 Å². The van der Waals surface area contributed by atoms with Crippen LogP contribution in [-0.2, 0) is 6.54 Å². The molecule has 140 valence electrons. The molecule has 0 unspecified atom stereocenters. The summed E-state index contributed by atoms with van der Waals surface area (Å²) in [7, 11) is 3.35. The van der Waals surface area contributed by atoms with Gasteiger partial charge in [0.05, 0.1) is 14.2 Å². The maximum atomic E-state index is 11.6. The van der Waals surface area contributed by atoms with Crippen LogP contribution in [0.1, 0.15) is 11.1 Å². The first-order valence-corrected chi connectivity index (χ1v) is 8.56. The molecule has 0 atom stereocenters. The van der Waals surface area contributed by atoms with E-state index in [0.29, 0.717) is 5.82 Å². The molecule has 1 fully saturated rings. The Balaban J connectivity index is 1.67. The van der Waals surface area contributed by atoms with E-state index in [4.69, 9.17) is 15.2 Å². The van der Waals surface area contributed by atoms with Crippen molar-refractivity contribution < 1.29 is 9.47 Å². The first kappa shape index (κ1) is 18.1. The van der Waals surface area contributed by atoms with E-state index in [0.717, 1.165) is 55.3 Å². The Kier molecular flexibility index (Phi) is 5.32. The molecule has 0 amide bonds. The molecular formula is C18H25N5O3. The number of nitrogens with one attached hydrogen (secondary N) is 1. The molecule has 0 radical (unpaired) electrons. The van der Waals surface area contributed by atoms with Gasteiger partial charge in [-0.15, -0.1) is 0 Å². The van der Waals surface area contributed by atoms with Gasteiger partial charge in [-0.05, 0) is 13.0 Å². The van der Waals surface area contributed by atoms with E-state index in [-0.39, 0.29) is 11.5 Å². The molecule has 2 aromatic rings. The predicted octanol–water partition coefficient (Wildman–Crippen LogP) is 1.000. The van der Waals surface area contributed by atoms with Gasteiger partial charge in [-0.3, -0.25) is 14.7 Å². The van der Waals surface area contributed by atoms with Crippen molar-refractivity contribution in [2.75, 3.05) is 51.0 Å². The number of H-pyrrole nitrogens is 1. The second-order valence-electron chi connectivity index (χ2n) is 6.34. The third-order valence-corrected chi connectivity index (χ3v) is 4.70. The lowest BCUT2D eigenvalue weighted by molar-refractivity contribution is 0.245. The van der Waals surface area contributed by atoms with Crippen LogP contribution in [0.25, 0.3) is 0 Å². The van der Waals surface area contributed by atoms with Gasteiger partial charge >= 0.3 is 0 Å². The number of hydrogen-bond donors (Lipinski definition) is 2. The summed E-state index contributed by atoms with van der Waals surface area (Å²) in [4.78, 5) is 22.7. The van der Waals surface area contributed by atoms with E-state index in [1.54, 1.807) is 14.2 Å². The molecule has 26 heavy (non-hydrogen) atoms. The van der Waals surface area contributed by atoms with Crippen LogP contribution >= 0.6 is 0 Å². The molecular weight excluding hydrogens is 334 g/mol. The van der Waals surface area contributed by atoms with Crippen LogP contribution in [0.2, 0.25) is 0 Å². The molecule has 1 aliphatic rings. The van der Waals surface area contributed by atoms with Gasteiger partial charge in [0, 0.05) is 49.9 Å². The minimum Gasteiger partial charge on any atom is -0.496 e. The van der Waals surface area contributed by atoms with Crippen LogP contribution in [0, 0.1) is 6.92 Å². The molecule has 0 aliphatic carbocycles. The summed E-state index contributed by atoms with van der Waals surface area (Å²) in [5.74, 6) is 2.47. The number of nitrogens with zero attached hydrogens (tertiary/aromatic N) is 3. The lowest BCUT2D eigenvalue weighted by Crippen LogP contribution is -2.46. The van der Waals surface area contributed by atoms with Gasteiger partial charge in [-0.2, -0.15) is 4.98 Å². The average Bonchev–Trinajstić information content (AvgIpc) is 2.62. The van der Waals surface area contributed by atoms with Crippen molar-refractivity contribution in [3.63, 3.8) is 0 Å². The molecule has 8 nitrogen and oxygen atoms in total. The van der Waals surface area contributed by atoms with Gasteiger partial charge in [-0.25, -0.2) is 0 Å². The summed E-state index contributed by atoms with van der Waals surface area (Å²) in [6.45, 7) is 6.10. The molecule has 1 aromatic carbocycles. The van der Waals surface area contributed by atoms with Crippen molar-refractivity contribution in [2.45, 2.75) is 13.5 Å². The van der Waals surface area contributed by atoms with Crippen LogP contribution < -0.4 is 25.7 Å². The van der Waals surface area contributed by atoms with Crippen molar-refractivity contribution in [3.05, 3.63) is 39.7 Å². The summed E-state index contributed by atoms with van der Waals surface area (Å²) >= 11 is 0. The molecule has 3 N–H and O–H groups in total. The number of nitrogens with two attached hydrogens (primary N) is 1. The summed E-state index contributed by atoms with van der Waals surface area (Å²) in [6, 6.07) is 5.52. The molecule has 0 bridgehead atoms. The summed E-state index contributed by atoms with van der Waals surface area (Å²) < 4.78 is 11.0. The number of ether oxygens (including phenoxy) is 2. The van der Waals surface area contributed by atoms with Crippen molar-refractivity contribution in [3.8, 4) is 11.5 Å². The fourth-order valence-corrected chi connectivity index (χ4v) is 3.36. The van der Waals surface area contributed by atoms with Gasteiger partial charge in [0.15, 0.2) is 0 Å². The van der Waals surface area contributed by atoms with Crippen LogP contribution in [0.4, 0.5) is 11.8 Å². The standard InChI is InChI=1S/C18H25N5O3/c1-12-14(25-2)5-4-13(17(12)26-3)11-22-6-8-23(9-7-22)15-10-16(24)21-18(19)20-15/h4-5,10H,6-9,11H2,1-3H3,(H3,19,20,21,24). The number of anilines is 2. The number of methoxy groups -OCH3 is 2. The van der Waals surface area contributed by atoms with Crippen molar-refractivity contribution in [1.29, 1.82) is 0 Å². The summed E-state index contributed by atoms with van der Waals surface area (Å²) in [5, 5.41) is 0. The topological polar surface area (TPSA) is 96.7 Å². The fraction of sp³-hybridized carbons (Fsp3) is 0.444. The maximum Gasteiger partial charge on any atom is 0.254 e. The molecule has 1 aliphatic heterocycles. The minimum absolute atomic E-state index is 0.147. The normalized spacial score (nSPS) is 15.1. The van der Waals surface area contributed by atoms with E-state index in [2.05, 4.69) is 25.8 Å². The zero-order valence-electron chi connectivity index (χ0n) is 15.4. The monoisotopic (exact) mass is 359 g/mol. The van der Waals surface area contributed by atoms with Gasteiger partial charge in [0.25, 0.3) is 5.56 Å². The molecule has 1 aromatic heterocycles. The lowest BCUT2D eigenvalue weighted by atomic mass is 10.1. The summed E-state index contributed by atoms with van der Waals surface area (Å²) in [5.41, 5.74) is 7.55. The number of nitrogen functional groups attached to an aromatic ring is 1. The Bertz CT molecular complexity index is 828. The Morgan fingerprint density at radius 3 is 2.54 bits per heavy atom. The lowest BCUT2D eigenvalue weighted by Gasteiger charge is -2.35. The van der Waals surface area contributed by atoms with Crippen LogP contribution in [0.15, 0.2) is 23.0 Å². The first-order valence-electron chi connectivity index (χ1n) is 8.56. The predicted molar refractivity (Wildman–Crippen MR) is 101 cm³/mol. The number of piperazine rings is 1. The third-order valence-electron chi connectivity index (χ3n) is 4.70. The Morgan fingerprint density at radius 1 is 1.19 bits per heavy atom. The van der Waals surface area contributed by atoms with E-state index < -0.39 is 0 Å². The molecule has 0 spiro atoms. The highest BCUT2D eigenvalue weighted by Crippen LogP contribution is 2.32. The highest BCUT2D eigenvalue weighted by Gasteiger charge is 2.21. The maximum absolute atomic E-state index is 11.6. The Hall–Kier alpha value is -2.74. The second kappa shape index (κ2) is 7.65. The largest absolute Gasteiger partial charge is 0.496 e. The zero-order valence-corrected chi connectivity index (χ0v) is 15.4. The number of benzene rings is 1. The van der Waals surface area contributed by atoms with Gasteiger partial charge in [-0.1, -0.05) is 6.07 Å². The van der Waals surface area contributed by atoms with E-state index in [9.17, 15) is 4.79 Å². The van der Waals surface area contributed by atoms with Crippen molar-refractivity contribution in [1.82, 2.24) is 14.9 Å². The highest BCUT2D eigenvalue weighted by molar-refractivity contribution is 5.49. The average molecular weight is 359 g/mol. The van der Waals surface area contributed by atoms with Crippen LogP contribution in [-0.4, -0.2) is 55.3 Å². The van der Waals surface area contributed by atoms with Gasteiger partial charge < -0.3 is 20.1 Å². The fourth-order valence-electron chi connectivity index (χ4n) is 3.36. The molecule has 8 heteroatoms. The SMILES string of the molecule is COc1ccc(CN2CCN(c3cc(=O)[nH]c(N)n3)CC2)c(OC)c1C. The number of rotatable bonds is 5. The van der Waals surface area contributed by atoms with Crippen molar-refractivity contribution in [2.24, 2.45) is 0 Å². The smallest absolute Gasteiger partial charge is 0.254 e. The number of aromatic nitrogens is 2. The van der Waals surface area contributed by atoms with E-state index >= 15 is 0 Å². The van der Waals surface area contributed by atoms with E-state index in [1.807, 2.05) is 13.0 Å². The summed E-state index contributed by atoms with van der Waals surface area (Å²) in [6.07, 6.45) is 0. The minimum atomic E-state index is -0.228. The Morgan fingerprint density at radius 2 is 1.92 bits per heavy atom. The molecule has 1 saturated heterocycles. The molecule has 0 saturated carbocycles. The highest BCUT2D eigenvalue weighted by atomic mass is 16.5. The van der Waals surface area contributed by atoms with Gasteiger partial charge in [0.2, 0.25) is 5.95 Å². The van der Waals surface area contributed by atoms with Crippen LogP contribution in [0.5, 0.6) is 11.5 Å². The Labute approximate surface area is 152 Å². The molecule has 2 heterocycles. The quantitative estimate of drug-likeness (QED) is 0.822. The molecule has 3 rings (SSSR count).